The number of carbonyl (C=O) groups is 1. The Labute approximate surface area is 190 Å². The van der Waals surface area contributed by atoms with Gasteiger partial charge in [-0.2, -0.15) is 5.10 Å². The van der Waals surface area contributed by atoms with Gasteiger partial charge in [0.15, 0.2) is 9.84 Å². The Morgan fingerprint density at radius 3 is 2.36 bits per heavy atom. The van der Waals surface area contributed by atoms with Gasteiger partial charge in [0.2, 0.25) is 5.91 Å². The molecule has 4 rings (SSSR count). The van der Waals surface area contributed by atoms with Gasteiger partial charge in [-0.1, -0.05) is 30.3 Å². The maximum absolute atomic E-state index is 13.0. The number of hydrogen-bond donors (Lipinski definition) is 3. The zero-order valence-electron chi connectivity index (χ0n) is 17.4. The minimum Gasteiger partial charge on any atom is -0.326 e. The van der Waals surface area contributed by atoms with Gasteiger partial charge in [-0.05, 0) is 42.5 Å². The van der Waals surface area contributed by atoms with Gasteiger partial charge < -0.3 is 5.32 Å². The molecule has 0 bridgehead atoms. The lowest BCUT2D eigenvalue weighted by atomic mass is 10.1. The van der Waals surface area contributed by atoms with E-state index in [1.807, 2.05) is 6.07 Å². The molecule has 0 unspecified atom stereocenters. The van der Waals surface area contributed by atoms with E-state index in [4.69, 9.17) is 0 Å². The molecule has 1 aromatic heterocycles. The highest BCUT2D eigenvalue weighted by molar-refractivity contribution is 7.93. The molecule has 0 saturated carbocycles. The molecular weight excluding hydrogens is 464 g/mol. The maximum atomic E-state index is 13.0. The molecule has 0 aliphatic heterocycles. The van der Waals surface area contributed by atoms with E-state index in [2.05, 4.69) is 20.2 Å². The number of anilines is 2. The van der Waals surface area contributed by atoms with Gasteiger partial charge in [0, 0.05) is 17.3 Å². The lowest BCUT2D eigenvalue weighted by molar-refractivity contribution is -0.115. The highest BCUT2D eigenvalue weighted by atomic mass is 32.2. The van der Waals surface area contributed by atoms with Crippen LogP contribution in [0.5, 0.6) is 0 Å². The summed E-state index contributed by atoms with van der Waals surface area (Å²) in [6, 6.07) is 19.0. The Morgan fingerprint density at radius 2 is 1.64 bits per heavy atom. The van der Waals surface area contributed by atoms with Crippen molar-refractivity contribution in [1.29, 1.82) is 0 Å². The second-order valence-corrected chi connectivity index (χ2v) is 11.0. The molecule has 4 aromatic rings. The number of fused-ring (bicyclic) bond motifs is 1. The van der Waals surface area contributed by atoms with Gasteiger partial charge in [-0.3, -0.25) is 14.6 Å². The number of sulfonamides is 1. The summed E-state index contributed by atoms with van der Waals surface area (Å²) in [5.41, 5.74) is 1.54. The Hall–Kier alpha value is -3.70. The quantitative estimate of drug-likeness (QED) is 0.369. The summed E-state index contributed by atoms with van der Waals surface area (Å²) in [5, 5.41) is 10.2. The zero-order chi connectivity index (χ0) is 23.6. The van der Waals surface area contributed by atoms with Crippen molar-refractivity contribution < 1.29 is 21.6 Å². The Balaban J connectivity index is 1.62. The van der Waals surface area contributed by atoms with Gasteiger partial charge >= 0.3 is 0 Å². The number of amides is 1. The monoisotopic (exact) mass is 484 g/mol. The first-order valence-corrected chi connectivity index (χ1v) is 13.1. The molecular formula is C22H20N4O5S2. The van der Waals surface area contributed by atoms with Crippen LogP contribution in [0.4, 0.5) is 11.4 Å². The van der Waals surface area contributed by atoms with E-state index in [1.165, 1.54) is 42.5 Å². The third-order valence-electron chi connectivity index (χ3n) is 4.84. The van der Waals surface area contributed by atoms with E-state index in [0.29, 0.717) is 22.3 Å². The topological polar surface area (TPSA) is 138 Å². The molecule has 170 valence electrons. The van der Waals surface area contributed by atoms with Crippen molar-refractivity contribution in [2.75, 3.05) is 16.3 Å². The van der Waals surface area contributed by atoms with Crippen molar-refractivity contribution in [3.05, 3.63) is 78.5 Å². The molecule has 0 spiro atoms. The second kappa shape index (κ2) is 8.68. The van der Waals surface area contributed by atoms with Crippen molar-refractivity contribution in [1.82, 2.24) is 10.2 Å². The molecule has 0 aliphatic carbocycles. The van der Waals surface area contributed by atoms with Crippen LogP contribution in [0.1, 0.15) is 5.69 Å². The first-order chi connectivity index (χ1) is 15.6. The summed E-state index contributed by atoms with van der Waals surface area (Å²) in [7, 11) is -7.76. The standard InChI is InChI=1S/C22H20N4O5S2/c1-32(28,29)21-10-6-5-9-19(21)26-33(30,31)16-11-12-18-17(13-16)20(25-24-18)14-22(27)23-15-7-3-2-4-8-15/h2-13,26H,14H2,1H3,(H,23,27)(H,24,25). The van der Waals surface area contributed by atoms with E-state index in [-0.39, 0.29) is 27.8 Å². The van der Waals surface area contributed by atoms with Crippen LogP contribution in [0, 0.1) is 0 Å². The predicted octanol–water partition coefficient (Wildman–Crippen LogP) is 2.95. The van der Waals surface area contributed by atoms with Crippen LogP contribution in [-0.2, 0) is 31.1 Å². The maximum Gasteiger partial charge on any atom is 0.261 e. The van der Waals surface area contributed by atoms with Crippen LogP contribution in [0.15, 0.2) is 82.6 Å². The Morgan fingerprint density at radius 1 is 0.939 bits per heavy atom. The predicted molar refractivity (Wildman–Crippen MR) is 125 cm³/mol. The van der Waals surface area contributed by atoms with Crippen molar-refractivity contribution >= 4 is 48.0 Å². The molecule has 9 nitrogen and oxygen atoms in total. The second-order valence-electron chi connectivity index (χ2n) is 7.35. The number of rotatable bonds is 7. The number of sulfone groups is 1. The molecule has 3 aromatic carbocycles. The highest BCUT2D eigenvalue weighted by Crippen LogP contribution is 2.26. The van der Waals surface area contributed by atoms with E-state index < -0.39 is 19.9 Å². The number of nitrogens with zero attached hydrogens (tertiary/aromatic N) is 1. The van der Waals surface area contributed by atoms with Crippen LogP contribution in [0.25, 0.3) is 10.9 Å². The Kier molecular flexibility index (Phi) is 5.91. The number of aromatic nitrogens is 2. The first-order valence-electron chi connectivity index (χ1n) is 9.77. The molecule has 0 aliphatic rings. The number of benzene rings is 3. The third-order valence-corrected chi connectivity index (χ3v) is 7.36. The lowest BCUT2D eigenvalue weighted by Crippen LogP contribution is -2.16. The minimum atomic E-state index is -4.12. The lowest BCUT2D eigenvalue weighted by Gasteiger charge is -2.11. The van der Waals surface area contributed by atoms with Crippen LogP contribution < -0.4 is 10.0 Å². The van der Waals surface area contributed by atoms with Gasteiger partial charge in [0.1, 0.15) is 0 Å². The SMILES string of the molecule is CS(=O)(=O)c1ccccc1NS(=O)(=O)c1ccc2n[nH]c(CC(=O)Nc3ccccc3)c2c1. The molecule has 0 fully saturated rings. The summed E-state index contributed by atoms with van der Waals surface area (Å²) in [4.78, 5) is 12.2. The smallest absolute Gasteiger partial charge is 0.261 e. The average molecular weight is 485 g/mol. The van der Waals surface area contributed by atoms with Crippen LogP contribution in [-0.4, -0.2) is 39.2 Å². The molecule has 0 atom stereocenters. The minimum absolute atomic E-state index is 0.0424. The van der Waals surface area contributed by atoms with E-state index in [9.17, 15) is 21.6 Å². The molecule has 11 heteroatoms. The van der Waals surface area contributed by atoms with Crippen molar-refractivity contribution in [2.24, 2.45) is 0 Å². The fraction of sp³-hybridized carbons (Fsp3) is 0.0909. The van der Waals surface area contributed by atoms with Crippen LogP contribution >= 0.6 is 0 Å². The number of aromatic amines is 1. The van der Waals surface area contributed by atoms with Crippen LogP contribution in [0.2, 0.25) is 0 Å². The molecule has 1 amide bonds. The first kappa shape index (κ1) is 22.5. The Bertz CT molecular complexity index is 1550. The van der Waals surface area contributed by atoms with Crippen molar-refractivity contribution in [3.8, 4) is 0 Å². The number of para-hydroxylation sites is 2. The summed E-state index contributed by atoms with van der Waals surface area (Å²) in [6.07, 6.45) is 0.962. The number of nitrogens with one attached hydrogen (secondary N) is 3. The largest absolute Gasteiger partial charge is 0.326 e. The fourth-order valence-electron chi connectivity index (χ4n) is 3.31. The number of hydrogen-bond acceptors (Lipinski definition) is 6. The van der Waals surface area contributed by atoms with Gasteiger partial charge in [0.05, 0.1) is 33.1 Å². The van der Waals surface area contributed by atoms with Crippen molar-refractivity contribution in [3.63, 3.8) is 0 Å². The molecule has 1 heterocycles. The zero-order valence-corrected chi connectivity index (χ0v) is 19.1. The number of carbonyl (C=O) groups excluding carboxylic acids is 1. The fourth-order valence-corrected chi connectivity index (χ4v) is 5.32. The van der Waals surface area contributed by atoms with Crippen molar-refractivity contribution in [2.45, 2.75) is 16.2 Å². The highest BCUT2D eigenvalue weighted by Gasteiger charge is 2.21. The van der Waals surface area contributed by atoms with E-state index in [0.717, 1.165) is 6.26 Å². The summed E-state index contributed by atoms with van der Waals surface area (Å²) < 4.78 is 52.4. The van der Waals surface area contributed by atoms with Gasteiger partial charge in [0.25, 0.3) is 10.0 Å². The molecule has 0 radical (unpaired) electrons. The number of H-pyrrole nitrogens is 1. The molecule has 33 heavy (non-hydrogen) atoms. The normalized spacial score (nSPS) is 11.9. The van der Waals surface area contributed by atoms with Crippen LogP contribution in [0.3, 0.4) is 0 Å². The molecule has 0 saturated heterocycles. The van der Waals surface area contributed by atoms with Gasteiger partial charge in [-0.25, -0.2) is 16.8 Å². The summed E-state index contributed by atoms with van der Waals surface area (Å²) in [5.74, 6) is -0.291. The molecule has 3 N–H and O–H groups in total. The van der Waals surface area contributed by atoms with Gasteiger partial charge in [-0.15, -0.1) is 0 Å². The average Bonchev–Trinajstić information content (AvgIpc) is 3.16. The van der Waals surface area contributed by atoms with E-state index >= 15 is 0 Å². The summed E-state index contributed by atoms with van der Waals surface area (Å²) in [6.45, 7) is 0. The summed E-state index contributed by atoms with van der Waals surface area (Å²) >= 11 is 0. The van der Waals surface area contributed by atoms with E-state index in [1.54, 1.807) is 24.3 Å². The third kappa shape index (κ3) is 5.04.